The van der Waals surface area contributed by atoms with Crippen LogP contribution in [0.25, 0.3) is 0 Å². The molecule has 0 aliphatic carbocycles. The smallest absolute Gasteiger partial charge is 0.410 e. The molecular weight excluding hydrogens is 388 g/mol. The van der Waals surface area contributed by atoms with Crippen molar-refractivity contribution in [1.82, 2.24) is 9.88 Å². The Morgan fingerprint density at radius 3 is 2.62 bits per heavy atom. The lowest BCUT2D eigenvalue weighted by Crippen LogP contribution is -3.13. The molecule has 0 saturated carbocycles. The Morgan fingerprint density at radius 2 is 2.00 bits per heavy atom. The van der Waals surface area contributed by atoms with Crippen molar-refractivity contribution in [2.75, 3.05) is 37.7 Å². The van der Waals surface area contributed by atoms with Gasteiger partial charge in [0.2, 0.25) is 5.91 Å². The number of amides is 2. The third-order valence-electron chi connectivity index (χ3n) is 5.07. The summed E-state index contributed by atoms with van der Waals surface area (Å²) >= 11 is 1.49. The van der Waals surface area contributed by atoms with Crippen LogP contribution in [0.2, 0.25) is 0 Å². The Hall–Kier alpha value is -2.45. The summed E-state index contributed by atoms with van der Waals surface area (Å²) in [5, 5.41) is 2.73. The molecule has 29 heavy (non-hydrogen) atoms. The van der Waals surface area contributed by atoms with Crippen LogP contribution in [0.3, 0.4) is 0 Å². The van der Waals surface area contributed by atoms with Crippen molar-refractivity contribution in [2.45, 2.75) is 34.2 Å². The van der Waals surface area contributed by atoms with Gasteiger partial charge in [0.05, 0.1) is 38.5 Å². The number of nitrogens with one attached hydrogen (secondary N) is 1. The van der Waals surface area contributed by atoms with Crippen LogP contribution >= 0.6 is 11.3 Å². The number of thiazole rings is 1. The van der Waals surface area contributed by atoms with Crippen molar-refractivity contribution >= 4 is 34.2 Å². The number of aromatic nitrogens is 1. The number of hydrogen-bond acceptors (Lipinski definition) is 5. The first-order valence-corrected chi connectivity index (χ1v) is 10.8. The van der Waals surface area contributed by atoms with Crippen LogP contribution in [-0.4, -0.2) is 54.7 Å². The molecule has 1 aliphatic rings. The van der Waals surface area contributed by atoms with Gasteiger partial charge in [0, 0.05) is 12.3 Å². The molecule has 1 saturated heterocycles. The van der Waals surface area contributed by atoms with E-state index in [2.05, 4.69) is 6.07 Å². The molecule has 8 heteroatoms. The van der Waals surface area contributed by atoms with Crippen LogP contribution in [0.15, 0.2) is 23.6 Å². The SMILES string of the molecule is CCOC(=O)N1CC[NH+](Cc2csc(N(C(C)=O)c3ccc(C)cc3C)n2)CC1. The first-order chi connectivity index (χ1) is 13.9. The number of hydrogen-bond donors (Lipinski definition) is 1. The van der Waals surface area contributed by atoms with E-state index in [4.69, 9.17) is 9.72 Å². The average Bonchev–Trinajstić information content (AvgIpc) is 3.12. The fourth-order valence-electron chi connectivity index (χ4n) is 3.60. The Kier molecular flexibility index (Phi) is 6.87. The molecule has 3 rings (SSSR count). The minimum Gasteiger partial charge on any atom is -0.450 e. The lowest BCUT2D eigenvalue weighted by Gasteiger charge is -2.31. The monoisotopic (exact) mass is 417 g/mol. The molecule has 156 valence electrons. The number of carbonyl (C=O) groups excluding carboxylic acids is 2. The van der Waals surface area contributed by atoms with E-state index in [1.54, 1.807) is 16.7 Å². The molecule has 2 aromatic rings. The molecule has 1 aliphatic heterocycles. The number of aryl methyl sites for hydroxylation is 2. The van der Waals surface area contributed by atoms with Gasteiger partial charge in [-0.25, -0.2) is 9.78 Å². The van der Waals surface area contributed by atoms with Gasteiger partial charge in [0.15, 0.2) is 5.13 Å². The lowest BCUT2D eigenvalue weighted by molar-refractivity contribution is -0.917. The molecule has 1 aromatic carbocycles. The van der Waals surface area contributed by atoms with Gasteiger partial charge in [-0.05, 0) is 32.4 Å². The normalized spacial score (nSPS) is 14.7. The predicted molar refractivity (Wildman–Crippen MR) is 114 cm³/mol. The number of anilines is 2. The molecular formula is C21H29N4O3S+. The Balaban J connectivity index is 1.67. The molecule has 1 N–H and O–H groups in total. The summed E-state index contributed by atoms with van der Waals surface area (Å²) in [5.74, 6) is -0.0479. The highest BCUT2D eigenvalue weighted by Gasteiger charge is 2.26. The maximum absolute atomic E-state index is 12.4. The van der Waals surface area contributed by atoms with Gasteiger partial charge in [-0.15, -0.1) is 11.3 Å². The topological polar surface area (TPSA) is 67.2 Å². The van der Waals surface area contributed by atoms with Crippen LogP contribution in [0, 0.1) is 13.8 Å². The highest BCUT2D eigenvalue weighted by molar-refractivity contribution is 7.14. The van der Waals surface area contributed by atoms with Gasteiger partial charge in [-0.1, -0.05) is 17.7 Å². The van der Waals surface area contributed by atoms with Crippen molar-refractivity contribution in [3.8, 4) is 0 Å². The largest absolute Gasteiger partial charge is 0.450 e. The van der Waals surface area contributed by atoms with Crippen molar-refractivity contribution in [2.24, 2.45) is 0 Å². The minimum atomic E-state index is -0.229. The second-order valence-electron chi connectivity index (χ2n) is 7.38. The fraction of sp³-hybridized carbons (Fsp3) is 0.476. The van der Waals surface area contributed by atoms with E-state index in [0.29, 0.717) is 24.8 Å². The van der Waals surface area contributed by atoms with E-state index < -0.39 is 0 Å². The molecule has 1 fully saturated rings. The summed E-state index contributed by atoms with van der Waals surface area (Å²) in [6.45, 7) is 11.7. The van der Waals surface area contributed by atoms with Crippen LogP contribution < -0.4 is 9.80 Å². The molecule has 2 amide bonds. The second kappa shape index (κ2) is 9.37. The maximum Gasteiger partial charge on any atom is 0.410 e. The zero-order valence-corrected chi connectivity index (χ0v) is 18.3. The van der Waals surface area contributed by atoms with E-state index in [9.17, 15) is 9.59 Å². The van der Waals surface area contributed by atoms with Gasteiger partial charge in [0.1, 0.15) is 12.2 Å². The highest BCUT2D eigenvalue weighted by Crippen LogP contribution is 2.31. The van der Waals surface area contributed by atoms with Gasteiger partial charge in [-0.2, -0.15) is 0 Å². The minimum absolute atomic E-state index is 0.0479. The van der Waals surface area contributed by atoms with Crippen LogP contribution in [0.4, 0.5) is 15.6 Å². The van der Waals surface area contributed by atoms with Gasteiger partial charge < -0.3 is 9.64 Å². The molecule has 0 radical (unpaired) electrons. The Labute approximate surface area is 175 Å². The second-order valence-corrected chi connectivity index (χ2v) is 8.22. The molecule has 7 nitrogen and oxygen atoms in total. The fourth-order valence-corrected chi connectivity index (χ4v) is 4.48. The quantitative estimate of drug-likeness (QED) is 0.811. The number of benzene rings is 1. The predicted octanol–water partition coefficient (Wildman–Crippen LogP) is 2.30. The summed E-state index contributed by atoms with van der Waals surface area (Å²) in [6.07, 6.45) is -0.229. The summed E-state index contributed by atoms with van der Waals surface area (Å²) < 4.78 is 5.08. The third-order valence-corrected chi connectivity index (χ3v) is 5.94. The standard InChI is InChI=1S/C21H28N4O3S/c1-5-28-21(27)24-10-8-23(9-11-24)13-18-14-29-20(22-18)25(17(4)26)19-7-6-15(2)12-16(19)3/h6-7,12,14H,5,8-11,13H2,1-4H3/p+1. The van der Waals surface area contributed by atoms with Gasteiger partial charge in [0.25, 0.3) is 0 Å². The van der Waals surface area contributed by atoms with Crippen molar-refractivity contribution in [1.29, 1.82) is 0 Å². The number of rotatable bonds is 5. The molecule has 0 bridgehead atoms. The van der Waals surface area contributed by atoms with E-state index in [1.807, 2.05) is 38.3 Å². The molecule has 0 unspecified atom stereocenters. The van der Waals surface area contributed by atoms with Crippen LogP contribution in [0.1, 0.15) is 30.7 Å². The first kappa shape index (κ1) is 21.3. The van der Waals surface area contributed by atoms with Crippen LogP contribution in [-0.2, 0) is 16.1 Å². The summed E-state index contributed by atoms with van der Waals surface area (Å²) in [5.41, 5.74) is 4.07. The zero-order chi connectivity index (χ0) is 21.0. The molecule has 0 atom stereocenters. The number of carbonyl (C=O) groups is 2. The number of nitrogens with zero attached hydrogens (tertiary/aromatic N) is 3. The maximum atomic E-state index is 12.4. The van der Waals surface area contributed by atoms with E-state index in [1.165, 1.54) is 21.8 Å². The molecule has 1 aromatic heterocycles. The highest BCUT2D eigenvalue weighted by atomic mass is 32.1. The van der Waals surface area contributed by atoms with E-state index in [-0.39, 0.29) is 12.0 Å². The number of ether oxygens (including phenoxy) is 1. The van der Waals surface area contributed by atoms with Gasteiger partial charge in [-0.3, -0.25) is 14.6 Å². The van der Waals surface area contributed by atoms with Gasteiger partial charge >= 0.3 is 6.09 Å². The van der Waals surface area contributed by atoms with Crippen molar-refractivity contribution in [3.05, 3.63) is 40.4 Å². The van der Waals surface area contributed by atoms with E-state index in [0.717, 1.165) is 36.6 Å². The van der Waals surface area contributed by atoms with E-state index >= 15 is 0 Å². The summed E-state index contributed by atoms with van der Waals surface area (Å²) in [4.78, 5) is 33.8. The average molecular weight is 418 g/mol. The Morgan fingerprint density at radius 1 is 1.28 bits per heavy atom. The number of quaternary nitrogens is 1. The number of piperazine rings is 1. The van der Waals surface area contributed by atoms with Crippen LogP contribution in [0.5, 0.6) is 0 Å². The molecule has 0 spiro atoms. The third kappa shape index (κ3) is 5.13. The first-order valence-electron chi connectivity index (χ1n) is 9.96. The van der Waals surface area contributed by atoms with Crippen molar-refractivity contribution < 1.29 is 19.2 Å². The Bertz CT molecular complexity index is 875. The van der Waals surface area contributed by atoms with Crippen molar-refractivity contribution in [3.63, 3.8) is 0 Å². The summed E-state index contributed by atoms with van der Waals surface area (Å²) in [6, 6.07) is 6.07. The lowest BCUT2D eigenvalue weighted by atomic mass is 10.1. The summed E-state index contributed by atoms with van der Waals surface area (Å²) in [7, 11) is 0. The zero-order valence-electron chi connectivity index (χ0n) is 17.5. The molecule has 2 heterocycles.